The molecule has 0 radical (unpaired) electrons. The fraction of sp³-hybridized carbons (Fsp3) is 0.0909. The van der Waals surface area contributed by atoms with Gasteiger partial charge in [0.15, 0.2) is 6.29 Å². The number of hydrogen-bond donors (Lipinski definition) is 1. The third-order valence-corrected chi connectivity index (χ3v) is 2.58. The molecular weight excluding hydrogens is 228 g/mol. The molecule has 2 rings (SSSR count). The summed E-state index contributed by atoms with van der Waals surface area (Å²) >= 11 is 5.72. The lowest BCUT2D eigenvalue weighted by Gasteiger charge is -2.03. The highest BCUT2D eigenvalue weighted by molar-refractivity contribution is 6.31. The van der Waals surface area contributed by atoms with Crippen LogP contribution in [0.15, 0.2) is 29.1 Å². The van der Waals surface area contributed by atoms with Crippen LogP contribution in [0.1, 0.15) is 16.1 Å². The van der Waals surface area contributed by atoms with Gasteiger partial charge in [0.2, 0.25) is 0 Å². The summed E-state index contributed by atoms with van der Waals surface area (Å²) in [5, 5.41) is 0.0561. The fourth-order valence-electron chi connectivity index (χ4n) is 1.48. The van der Waals surface area contributed by atoms with Crippen molar-refractivity contribution in [2.75, 3.05) is 0 Å². The van der Waals surface area contributed by atoms with E-state index in [1.54, 1.807) is 12.1 Å². The van der Waals surface area contributed by atoms with E-state index in [0.717, 1.165) is 5.56 Å². The Morgan fingerprint density at radius 3 is 2.50 bits per heavy atom. The quantitative estimate of drug-likeness (QED) is 0.811. The van der Waals surface area contributed by atoms with Crippen LogP contribution in [0.5, 0.6) is 0 Å². The van der Waals surface area contributed by atoms with Crippen molar-refractivity contribution >= 4 is 17.9 Å². The number of nitrogens with one attached hydrogen (secondary N) is 1. The first-order valence-corrected chi connectivity index (χ1v) is 5.04. The zero-order valence-electron chi connectivity index (χ0n) is 8.53. The van der Waals surface area contributed by atoms with Gasteiger partial charge in [-0.25, -0.2) is 4.79 Å². The van der Waals surface area contributed by atoms with Crippen molar-refractivity contribution in [1.29, 1.82) is 0 Å². The minimum absolute atomic E-state index is 0.0561. The van der Waals surface area contributed by atoms with Gasteiger partial charge >= 0.3 is 5.69 Å². The first-order valence-electron chi connectivity index (χ1n) is 4.66. The molecule has 0 atom stereocenters. The highest BCUT2D eigenvalue weighted by atomic mass is 35.5. The minimum Gasteiger partial charge on any atom is -0.296 e. The van der Waals surface area contributed by atoms with Crippen LogP contribution in [0.4, 0.5) is 0 Å². The first kappa shape index (κ1) is 10.7. The molecule has 1 aromatic carbocycles. The Kier molecular flexibility index (Phi) is 2.66. The average Bonchev–Trinajstić information content (AvgIpc) is 2.54. The molecule has 0 fully saturated rings. The number of benzene rings is 1. The van der Waals surface area contributed by atoms with Crippen LogP contribution in [0.3, 0.4) is 0 Å². The second-order valence-electron chi connectivity index (χ2n) is 3.42. The Hall–Kier alpha value is -1.81. The zero-order chi connectivity index (χ0) is 11.7. The molecule has 0 unspecified atom stereocenters. The molecule has 1 heterocycles. The number of carbonyl (C=O) groups is 1. The first-order chi connectivity index (χ1) is 7.63. The van der Waals surface area contributed by atoms with E-state index in [9.17, 15) is 9.59 Å². The van der Waals surface area contributed by atoms with Crippen molar-refractivity contribution in [3.63, 3.8) is 0 Å². The molecule has 0 amide bonds. The third kappa shape index (κ3) is 1.67. The van der Waals surface area contributed by atoms with Gasteiger partial charge in [0.1, 0.15) is 10.8 Å². The van der Waals surface area contributed by atoms with Crippen LogP contribution >= 0.6 is 11.6 Å². The number of aldehydes is 1. The molecule has 0 spiro atoms. The molecule has 2 aromatic rings. The van der Waals surface area contributed by atoms with E-state index < -0.39 is 5.69 Å². The van der Waals surface area contributed by atoms with Gasteiger partial charge in [-0.1, -0.05) is 29.3 Å². The SMILES string of the molecule is Cc1ccc(-n2c(C=O)c(Cl)[nH]c2=O)cc1. The van der Waals surface area contributed by atoms with Crippen LogP contribution in [-0.4, -0.2) is 15.8 Å². The predicted octanol–water partition coefficient (Wildman–Crippen LogP) is 1.94. The van der Waals surface area contributed by atoms with Crippen LogP contribution in [-0.2, 0) is 0 Å². The molecule has 0 aliphatic carbocycles. The highest BCUT2D eigenvalue weighted by Crippen LogP contribution is 2.14. The number of halogens is 1. The second kappa shape index (κ2) is 3.98. The summed E-state index contributed by atoms with van der Waals surface area (Å²) in [6, 6.07) is 7.23. The maximum Gasteiger partial charge on any atom is 0.331 e. The highest BCUT2D eigenvalue weighted by Gasteiger charge is 2.12. The molecule has 1 N–H and O–H groups in total. The minimum atomic E-state index is -0.420. The van der Waals surface area contributed by atoms with Crippen LogP contribution in [0.25, 0.3) is 5.69 Å². The third-order valence-electron chi connectivity index (χ3n) is 2.29. The molecule has 0 bridgehead atoms. The summed E-state index contributed by atoms with van der Waals surface area (Å²) in [5.74, 6) is 0. The maximum absolute atomic E-state index is 11.6. The van der Waals surface area contributed by atoms with E-state index in [-0.39, 0.29) is 10.8 Å². The summed E-state index contributed by atoms with van der Waals surface area (Å²) in [5.41, 5.74) is 1.40. The van der Waals surface area contributed by atoms with Gasteiger partial charge in [0.25, 0.3) is 0 Å². The van der Waals surface area contributed by atoms with Crippen molar-refractivity contribution in [2.45, 2.75) is 6.92 Å². The number of aryl methyl sites for hydroxylation is 1. The number of nitrogens with zero attached hydrogens (tertiary/aromatic N) is 1. The number of carbonyl (C=O) groups excluding carboxylic acids is 1. The predicted molar refractivity (Wildman–Crippen MR) is 61.5 cm³/mol. The van der Waals surface area contributed by atoms with Gasteiger partial charge in [0, 0.05) is 0 Å². The van der Waals surface area contributed by atoms with Gasteiger partial charge in [-0.3, -0.25) is 14.3 Å². The van der Waals surface area contributed by atoms with Crippen molar-refractivity contribution in [3.05, 3.63) is 51.2 Å². The zero-order valence-corrected chi connectivity index (χ0v) is 9.28. The molecule has 4 nitrogen and oxygen atoms in total. The molecule has 16 heavy (non-hydrogen) atoms. The van der Waals surface area contributed by atoms with Crippen LogP contribution in [0.2, 0.25) is 5.15 Å². The van der Waals surface area contributed by atoms with Crippen LogP contribution in [0, 0.1) is 6.92 Å². The van der Waals surface area contributed by atoms with Gasteiger partial charge in [0.05, 0.1) is 5.69 Å². The fourth-order valence-corrected chi connectivity index (χ4v) is 1.69. The second-order valence-corrected chi connectivity index (χ2v) is 3.80. The van der Waals surface area contributed by atoms with E-state index in [2.05, 4.69) is 4.98 Å². The summed E-state index contributed by atoms with van der Waals surface area (Å²) in [7, 11) is 0. The average molecular weight is 237 g/mol. The van der Waals surface area contributed by atoms with Gasteiger partial charge < -0.3 is 0 Å². The van der Waals surface area contributed by atoms with Crippen LogP contribution < -0.4 is 5.69 Å². The van der Waals surface area contributed by atoms with E-state index in [0.29, 0.717) is 12.0 Å². The summed E-state index contributed by atoms with van der Waals surface area (Å²) in [6.07, 6.45) is 0.556. The lowest BCUT2D eigenvalue weighted by atomic mass is 10.2. The lowest BCUT2D eigenvalue weighted by molar-refractivity contribution is 0.111. The largest absolute Gasteiger partial charge is 0.331 e. The molecule has 0 saturated heterocycles. The number of rotatable bonds is 2. The van der Waals surface area contributed by atoms with Gasteiger partial charge in [-0.05, 0) is 19.1 Å². The molecule has 0 aliphatic heterocycles. The van der Waals surface area contributed by atoms with Gasteiger partial charge in [-0.15, -0.1) is 0 Å². The Morgan fingerprint density at radius 1 is 1.31 bits per heavy atom. The normalized spacial score (nSPS) is 10.4. The molecule has 82 valence electrons. The summed E-state index contributed by atoms with van der Waals surface area (Å²) in [4.78, 5) is 24.8. The summed E-state index contributed by atoms with van der Waals surface area (Å²) < 4.78 is 1.24. The molecule has 5 heteroatoms. The van der Waals surface area contributed by atoms with E-state index in [1.807, 2.05) is 19.1 Å². The van der Waals surface area contributed by atoms with Gasteiger partial charge in [-0.2, -0.15) is 0 Å². The van der Waals surface area contributed by atoms with Crippen molar-refractivity contribution < 1.29 is 4.79 Å². The number of H-pyrrole nitrogens is 1. The number of aromatic amines is 1. The smallest absolute Gasteiger partial charge is 0.296 e. The Bertz CT molecular complexity index is 581. The van der Waals surface area contributed by atoms with E-state index in [4.69, 9.17) is 11.6 Å². The Balaban J connectivity index is 2.68. The van der Waals surface area contributed by atoms with E-state index in [1.165, 1.54) is 4.57 Å². The Labute approximate surface area is 96.5 Å². The van der Waals surface area contributed by atoms with Crippen molar-refractivity contribution in [2.24, 2.45) is 0 Å². The van der Waals surface area contributed by atoms with E-state index >= 15 is 0 Å². The standard InChI is InChI=1S/C11H9ClN2O2/c1-7-2-4-8(5-3-7)14-9(6-15)10(12)13-11(14)16/h2-6H,1H3,(H,13,16). The number of imidazole rings is 1. The van der Waals surface area contributed by atoms with Crippen molar-refractivity contribution in [1.82, 2.24) is 9.55 Å². The molecule has 0 saturated carbocycles. The monoisotopic (exact) mass is 236 g/mol. The van der Waals surface area contributed by atoms with Crippen molar-refractivity contribution in [3.8, 4) is 5.69 Å². The lowest BCUT2D eigenvalue weighted by Crippen LogP contribution is -2.16. The molecule has 0 aliphatic rings. The Morgan fingerprint density at radius 2 is 1.94 bits per heavy atom. The number of hydrogen-bond acceptors (Lipinski definition) is 2. The maximum atomic E-state index is 11.6. The topological polar surface area (TPSA) is 54.9 Å². The molecule has 1 aromatic heterocycles. The summed E-state index contributed by atoms with van der Waals surface area (Å²) in [6.45, 7) is 1.94. The molecular formula is C11H9ClN2O2. The number of aromatic nitrogens is 2.